The first-order chi connectivity index (χ1) is 12.1. The zero-order chi connectivity index (χ0) is 17.3. The summed E-state index contributed by atoms with van der Waals surface area (Å²) in [5.74, 6) is 0.754. The number of aliphatic hydroxyl groups is 1. The molecule has 2 aromatic rings. The maximum absolute atomic E-state index is 13.1. The van der Waals surface area contributed by atoms with Crippen molar-refractivity contribution in [2.24, 2.45) is 0 Å². The Kier molecular flexibility index (Phi) is 4.29. The van der Waals surface area contributed by atoms with Gasteiger partial charge in [0.25, 0.3) is 0 Å². The minimum atomic E-state index is -1.07. The number of ether oxygens (including phenoxy) is 1. The molecule has 5 heteroatoms. The fourth-order valence-corrected chi connectivity index (χ4v) is 5.12. The number of carbonyl (C=O) groups is 1. The maximum atomic E-state index is 13.1. The number of carbonyl (C=O) groups excluding carboxylic acids is 1. The lowest BCUT2D eigenvalue weighted by molar-refractivity contribution is -0.128. The molecule has 2 N–H and O–H groups in total. The van der Waals surface area contributed by atoms with Crippen molar-refractivity contribution < 1.29 is 14.6 Å². The summed E-state index contributed by atoms with van der Waals surface area (Å²) in [4.78, 5) is 14.3. The predicted octanol–water partition coefficient (Wildman–Crippen LogP) is 3.35. The molecule has 1 aliphatic carbocycles. The first-order valence-electron chi connectivity index (χ1n) is 8.91. The van der Waals surface area contributed by atoms with Crippen LogP contribution in [-0.2, 0) is 15.8 Å². The number of thiophene rings is 1. The molecule has 2 aliphatic rings. The number of hydrogen-bond donors (Lipinski definition) is 2. The number of rotatable bonds is 4. The van der Waals surface area contributed by atoms with Gasteiger partial charge in [0.15, 0.2) is 0 Å². The number of para-hydroxylation sites is 1. The van der Waals surface area contributed by atoms with Gasteiger partial charge < -0.3 is 15.2 Å². The topological polar surface area (TPSA) is 58.6 Å². The van der Waals surface area contributed by atoms with Gasteiger partial charge in [0.2, 0.25) is 5.91 Å². The van der Waals surface area contributed by atoms with Crippen LogP contribution in [0.1, 0.15) is 42.5 Å². The first kappa shape index (κ1) is 16.6. The van der Waals surface area contributed by atoms with Gasteiger partial charge >= 0.3 is 0 Å². The Labute approximate surface area is 151 Å². The van der Waals surface area contributed by atoms with Gasteiger partial charge in [-0.1, -0.05) is 37.1 Å². The molecule has 0 bridgehead atoms. The lowest BCUT2D eigenvalue weighted by Gasteiger charge is -2.36. The van der Waals surface area contributed by atoms with Crippen molar-refractivity contribution >= 4 is 17.2 Å². The summed E-state index contributed by atoms with van der Waals surface area (Å²) in [6.45, 7) is 0.679. The van der Waals surface area contributed by atoms with Gasteiger partial charge in [-0.2, -0.15) is 0 Å². The van der Waals surface area contributed by atoms with Gasteiger partial charge in [-0.05, 0) is 30.4 Å². The van der Waals surface area contributed by atoms with Gasteiger partial charge in [-0.25, -0.2) is 0 Å². The largest absolute Gasteiger partial charge is 0.493 e. The Bertz CT molecular complexity index is 752. The summed E-state index contributed by atoms with van der Waals surface area (Å²) < 4.78 is 5.63. The molecule has 1 aromatic heterocycles. The van der Waals surface area contributed by atoms with Crippen molar-refractivity contribution in [3.63, 3.8) is 0 Å². The number of amides is 1. The monoisotopic (exact) mass is 357 g/mol. The summed E-state index contributed by atoms with van der Waals surface area (Å²) in [6, 6.07) is 11.6. The third-order valence-electron chi connectivity index (χ3n) is 5.59. The first-order valence-corrected chi connectivity index (χ1v) is 9.79. The summed E-state index contributed by atoms with van der Waals surface area (Å²) in [5, 5.41) is 16.2. The summed E-state index contributed by atoms with van der Waals surface area (Å²) >= 11 is 1.65. The molecular weight excluding hydrogens is 334 g/mol. The molecule has 0 radical (unpaired) electrons. The second-order valence-electron chi connectivity index (χ2n) is 7.08. The highest BCUT2D eigenvalue weighted by molar-refractivity contribution is 7.10. The van der Waals surface area contributed by atoms with Crippen LogP contribution in [0.25, 0.3) is 0 Å². The molecule has 2 heterocycles. The Balaban J connectivity index is 1.54. The molecule has 1 aromatic carbocycles. The van der Waals surface area contributed by atoms with E-state index >= 15 is 0 Å². The average Bonchev–Trinajstić information content (AvgIpc) is 3.32. The van der Waals surface area contributed by atoms with E-state index in [-0.39, 0.29) is 12.5 Å². The van der Waals surface area contributed by atoms with Crippen LogP contribution < -0.4 is 10.1 Å². The van der Waals surface area contributed by atoms with Crippen LogP contribution in [0.5, 0.6) is 5.75 Å². The Hall–Kier alpha value is -1.85. The average molecular weight is 357 g/mol. The number of nitrogens with one attached hydrogen (secondary N) is 1. The molecule has 4 rings (SSSR count). The van der Waals surface area contributed by atoms with Crippen LogP contribution in [0.3, 0.4) is 0 Å². The lowest BCUT2D eigenvalue weighted by Crippen LogP contribution is -2.49. The molecule has 1 saturated carbocycles. The summed E-state index contributed by atoms with van der Waals surface area (Å²) in [6.07, 6.45) is 4.41. The molecule has 1 amide bonds. The maximum Gasteiger partial charge on any atom is 0.231 e. The molecule has 0 spiro atoms. The Morgan fingerprint density at radius 3 is 2.72 bits per heavy atom. The molecule has 1 fully saturated rings. The smallest absolute Gasteiger partial charge is 0.231 e. The third kappa shape index (κ3) is 2.85. The van der Waals surface area contributed by atoms with Crippen molar-refractivity contribution in [1.82, 2.24) is 5.32 Å². The highest BCUT2D eigenvalue weighted by atomic mass is 32.1. The van der Waals surface area contributed by atoms with E-state index in [0.29, 0.717) is 18.8 Å². The highest BCUT2D eigenvalue weighted by Gasteiger charge is 2.45. The van der Waals surface area contributed by atoms with E-state index in [1.165, 1.54) is 0 Å². The normalized spacial score (nSPS) is 24.4. The van der Waals surface area contributed by atoms with E-state index in [9.17, 15) is 9.90 Å². The number of fused-ring (bicyclic) bond motifs is 1. The van der Waals surface area contributed by atoms with Crippen LogP contribution in [0.2, 0.25) is 0 Å². The zero-order valence-corrected chi connectivity index (χ0v) is 15.0. The highest BCUT2D eigenvalue weighted by Crippen LogP contribution is 2.44. The van der Waals surface area contributed by atoms with Crippen molar-refractivity contribution in [2.75, 3.05) is 13.2 Å². The molecule has 25 heavy (non-hydrogen) atoms. The van der Waals surface area contributed by atoms with Crippen LogP contribution in [0.4, 0.5) is 0 Å². The predicted molar refractivity (Wildman–Crippen MR) is 97.9 cm³/mol. The summed E-state index contributed by atoms with van der Waals surface area (Å²) in [5.41, 5.74) is -0.729. The second-order valence-corrected chi connectivity index (χ2v) is 8.02. The van der Waals surface area contributed by atoms with E-state index in [2.05, 4.69) is 11.4 Å². The fourth-order valence-electron chi connectivity index (χ4n) is 4.14. The lowest BCUT2D eigenvalue weighted by atomic mass is 9.82. The van der Waals surface area contributed by atoms with Crippen molar-refractivity contribution in [2.45, 2.75) is 43.1 Å². The van der Waals surface area contributed by atoms with Gasteiger partial charge in [0.05, 0.1) is 18.6 Å². The van der Waals surface area contributed by atoms with E-state index in [1.807, 2.05) is 35.7 Å². The van der Waals surface area contributed by atoms with Crippen molar-refractivity contribution in [3.8, 4) is 5.75 Å². The number of hydrogen-bond acceptors (Lipinski definition) is 4. The van der Waals surface area contributed by atoms with Gasteiger partial charge in [-0.15, -0.1) is 11.3 Å². The fraction of sp³-hybridized carbons (Fsp3) is 0.450. The van der Waals surface area contributed by atoms with E-state index < -0.39 is 11.0 Å². The zero-order valence-electron chi connectivity index (χ0n) is 14.2. The second kappa shape index (κ2) is 6.46. The Morgan fingerprint density at radius 2 is 1.96 bits per heavy atom. The molecule has 0 saturated heterocycles. The summed E-state index contributed by atoms with van der Waals surface area (Å²) in [7, 11) is 0. The van der Waals surface area contributed by atoms with E-state index in [1.54, 1.807) is 11.3 Å². The molecule has 0 unspecified atom stereocenters. The molecular formula is C20H23NO3S. The molecule has 4 nitrogen and oxygen atoms in total. The molecule has 132 valence electrons. The van der Waals surface area contributed by atoms with Crippen molar-refractivity contribution in [1.29, 1.82) is 0 Å². The third-order valence-corrected chi connectivity index (χ3v) is 6.66. The van der Waals surface area contributed by atoms with E-state index in [0.717, 1.165) is 36.1 Å². The van der Waals surface area contributed by atoms with E-state index in [4.69, 9.17) is 4.74 Å². The van der Waals surface area contributed by atoms with Crippen LogP contribution in [0, 0.1) is 0 Å². The molecule has 1 atom stereocenters. The molecule has 1 aliphatic heterocycles. The quantitative estimate of drug-likeness (QED) is 0.882. The van der Waals surface area contributed by atoms with Crippen molar-refractivity contribution in [3.05, 3.63) is 52.2 Å². The van der Waals surface area contributed by atoms with Gasteiger partial charge in [-0.3, -0.25) is 4.79 Å². The number of benzene rings is 1. The standard InChI is InChI=1S/C20H23NO3S/c22-18(19(9-3-4-10-19)17-8-5-13-25-17)21-14-20(23)11-12-24-16-7-2-1-6-15(16)20/h1-2,5-8,13,23H,3-4,9-12,14H2,(H,21,22)/t20-/m0/s1. The van der Waals surface area contributed by atoms with Gasteiger partial charge in [0.1, 0.15) is 11.4 Å². The van der Waals surface area contributed by atoms with Crippen LogP contribution in [0.15, 0.2) is 41.8 Å². The van der Waals surface area contributed by atoms with Gasteiger partial charge in [0, 0.05) is 16.9 Å². The minimum absolute atomic E-state index is 0.0462. The SMILES string of the molecule is O=C(NC[C@@]1(O)CCOc2ccccc21)C1(c2cccs2)CCCC1. The minimum Gasteiger partial charge on any atom is -0.493 e. The Morgan fingerprint density at radius 1 is 1.16 bits per heavy atom. The van der Waals surface area contributed by atoms with Crippen LogP contribution >= 0.6 is 11.3 Å². The van der Waals surface area contributed by atoms with Crippen LogP contribution in [-0.4, -0.2) is 24.2 Å².